The lowest BCUT2D eigenvalue weighted by Gasteiger charge is -2.26. The smallest absolute Gasteiger partial charge is 0.191 e. The minimum Gasteiger partial charge on any atom is -0.356 e. The van der Waals surface area contributed by atoms with Crippen LogP contribution in [0, 0.1) is 19.3 Å². The van der Waals surface area contributed by atoms with E-state index in [2.05, 4.69) is 54.5 Å². The van der Waals surface area contributed by atoms with Gasteiger partial charge >= 0.3 is 0 Å². The summed E-state index contributed by atoms with van der Waals surface area (Å²) in [5.74, 6) is 0.827. The SMILES string of the molecule is CN=C(NCCc1c(C)nn(C)c1C)NCC(C)(C)Cc1cccc(Cl)c1.I. The minimum atomic E-state index is 0. The van der Waals surface area contributed by atoms with Crippen LogP contribution in [0.4, 0.5) is 0 Å². The Hall–Kier alpha value is -1.28. The molecular weight excluding hydrogens is 485 g/mol. The molecule has 0 fully saturated rings. The van der Waals surface area contributed by atoms with Gasteiger partial charge < -0.3 is 10.6 Å². The van der Waals surface area contributed by atoms with Crippen molar-refractivity contribution in [2.24, 2.45) is 17.5 Å². The topological polar surface area (TPSA) is 54.2 Å². The fourth-order valence-electron chi connectivity index (χ4n) is 3.29. The Morgan fingerprint density at radius 3 is 2.54 bits per heavy atom. The third-order valence-electron chi connectivity index (χ3n) is 4.86. The average molecular weight is 518 g/mol. The van der Waals surface area contributed by atoms with E-state index in [-0.39, 0.29) is 29.4 Å². The number of halogens is 2. The van der Waals surface area contributed by atoms with Crippen molar-refractivity contribution < 1.29 is 0 Å². The number of hydrogen-bond acceptors (Lipinski definition) is 2. The Morgan fingerprint density at radius 2 is 1.96 bits per heavy atom. The zero-order valence-electron chi connectivity index (χ0n) is 17.8. The molecule has 2 aromatic rings. The molecule has 28 heavy (non-hydrogen) atoms. The first-order valence-electron chi connectivity index (χ1n) is 9.40. The van der Waals surface area contributed by atoms with E-state index in [4.69, 9.17) is 11.6 Å². The lowest BCUT2D eigenvalue weighted by atomic mass is 9.86. The van der Waals surface area contributed by atoms with Gasteiger partial charge in [-0.1, -0.05) is 37.6 Å². The van der Waals surface area contributed by atoms with Crippen LogP contribution in [0.1, 0.15) is 36.4 Å². The number of rotatable bonds is 7. The molecule has 0 saturated carbocycles. The highest BCUT2D eigenvalue weighted by atomic mass is 127. The Labute approximate surface area is 191 Å². The van der Waals surface area contributed by atoms with Gasteiger partial charge in [0.1, 0.15) is 0 Å². The van der Waals surface area contributed by atoms with Crippen molar-refractivity contribution >= 4 is 41.5 Å². The number of nitrogens with one attached hydrogen (secondary N) is 2. The maximum absolute atomic E-state index is 6.10. The molecule has 156 valence electrons. The molecule has 0 spiro atoms. The number of benzene rings is 1. The summed E-state index contributed by atoms with van der Waals surface area (Å²) in [6.45, 7) is 10.3. The third kappa shape index (κ3) is 7.28. The third-order valence-corrected chi connectivity index (χ3v) is 5.09. The summed E-state index contributed by atoms with van der Waals surface area (Å²) in [5.41, 5.74) is 4.96. The predicted molar refractivity (Wildman–Crippen MR) is 130 cm³/mol. The summed E-state index contributed by atoms with van der Waals surface area (Å²) in [4.78, 5) is 4.35. The molecule has 0 aliphatic carbocycles. The number of aromatic nitrogens is 2. The normalized spacial score (nSPS) is 11.9. The minimum absolute atomic E-state index is 0. The van der Waals surface area contributed by atoms with E-state index in [1.54, 1.807) is 7.05 Å². The molecular formula is C21H33ClIN5. The molecule has 0 radical (unpaired) electrons. The van der Waals surface area contributed by atoms with Gasteiger partial charge in [0, 0.05) is 37.9 Å². The van der Waals surface area contributed by atoms with Gasteiger partial charge in [0.15, 0.2) is 5.96 Å². The van der Waals surface area contributed by atoms with Gasteiger partial charge in [0.05, 0.1) is 5.69 Å². The highest BCUT2D eigenvalue weighted by molar-refractivity contribution is 14.0. The van der Waals surface area contributed by atoms with E-state index >= 15 is 0 Å². The van der Waals surface area contributed by atoms with Crippen molar-refractivity contribution in [1.82, 2.24) is 20.4 Å². The van der Waals surface area contributed by atoms with Crippen molar-refractivity contribution in [3.63, 3.8) is 0 Å². The van der Waals surface area contributed by atoms with E-state index in [0.29, 0.717) is 0 Å². The molecule has 1 aromatic heterocycles. The highest BCUT2D eigenvalue weighted by Crippen LogP contribution is 2.22. The summed E-state index contributed by atoms with van der Waals surface area (Å²) in [6.07, 6.45) is 1.88. The summed E-state index contributed by atoms with van der Waals surface area (Å²) >= 11 is 6.10. The van der Waals surface area contributed by atoms with Gasteiger partial charge in [-0.2, -0.15) is 5.10 Å². The van der Waals surface area contributed by atoms with Crippen LogP contribution < -0.4 is 10.6 Å². The monoisotopic (exact) mass is 517 g/mol. The summed E-state index contributed by atoms with van der Waals surface area (Å²) < 4.78 is 1.94. The van der Waals surface area contributed by atoms with Gasteiger partial charge in [0.25, 0.3) is 0 Å². The van der Waals surface area contributed by atoms with Crippen molar-refractivity contribution in [3.8, 4) is 0 Å². The van der Waals surface area contributed by atoms with Crippen molar-refractivity contribution in [2.45, 2.75) is 40.5 Å². The van der Waals surface area contributed by atoms with Crippen LogP contribution in [0.25, 0.3) is 0 Å². The molecule has 0 amide bonds. The number of aryl methyl sites for hydroxylation is 2. The molecule has 1 aromatic carbocycles. The number of hydrogen-bond donors (Lipinski definition) is 2. The zero-order valence-corrected chi connectivity index (χ0v) is 20.9. The van der Waals surface area contributed by atoms with Gasteiger partial charge in [-0.3, -0.25) is 9.67 Å². The van der Waals surface area contributed by atoms with E-state index in [0.717, 1.165) is 42.6 Å². The van der Waals surface area contributed by atoms with E-state index in [9.17, 15) is 0 Å². The number of nitrogens with zero attached hydrogens (tertiary/aromatic N) is 3. The molecule has 2 rings (SSSR count). The van der Waals surface area contributed by atoms with Gasteiger partial charge in [-0.25, -0.2) is 0 Å². The van der Waals surface area contributed by atoms with Gasteiger partial charge in [-0.15, -0.1) is 24.0 Å². The van der Waals surface area contributed by atoms with Crippen LogP contribution in [-0.2, 0) is 19.9 Å². The summed E-state index contributed by atoms with van der Waals surface area (Å²) in [7, 11) is 3.79. The van der Waals surface area contributed by atoms with Crippen LogP contribution in [-0.4, -0.2) is 35.9 Å². The van der Waals surface area contributed by atoms with Crippen LogP contribution in [0.2, 0.25) is 5.02 Å². The first-order valence-corrected chi connectivity index (χ1v) is 9.77. The van der Waals surface area contributed by atoms with Gasteiger partial charge in [-0.05, 0) is 55.4 Å². The Balaban J connectivity index is 0.00000392. The lowest BCUT2D eigenvalue weighted by molar-refractivity contribution is 0.359. The van der Waals surface area contributed by atoms with Crippen LogP contribution >= 0.6 is 35.6 Å². The molecule has 0 saturated heterocycles. The first kappa shape index (κ1) is 24.8. The first-order chi connectivity index (χ1) is 12.7. The van der Waals surface area contributed by atoms with Crippen LogP contribution in [0.15, 0.2) is 29.3 Å². The van der Waals surface area contributed by atoms with Crippen molar-refractivity contribution in [2.75, 3.05) is 20.1 Å². The molecule has 0 bridgehead atoms. The molecule has 5 nitrogen and oxygen atoms in total. The average Bonchev–Trinajstić information content (AvgIpc) is 2.83. The van der Waals surface area contributed by atoms with Crippen molar-refractivity contribution in [1.29, 1.82) is 0 Å². The zero-order chi connectivity index (χ0) is 20.0. The largest absolute Gasteiger partial charge is 0.356 e. The fourth-order valence-corrected chi connectivity index (χ4v) is 3.50. The van der Waals surface area contributed by atoms with Crippen LogP contribution in [0.3, 0.4) is 0 Å². The van der Waals surface area contributed by atoms with Gasteiger partial charge in [0.2, 0.25) is 0 Å². The Kier molecular flexibility index (Phi) is 9.77. The number of aliphatic imine (C=N–C) groups is 1. The van der Waals surface area contributed by atoms with E-state index < -0.39 is 0 Å². The summed E-state index contributed by atoms with van der Waals surface area (Å²) in [6, 6.07) is 8.08. The van der Waals surface area contributed by atoms with E-state index in [1.165, 1.54) is 16.8 Å². The summed E-state index contributed by atoms with van der Waals surface area (Å²) in [5, 5.41) is 12.1. The number of guanidine groups is 1. The standard InChI is InChI=1S/C21H32ClN5.HI/c1-15-19(16(2)27(6)26-15)10-11-24-20(23-5)25-14-21(3,4)13-17-8-7-9-18(22)12-17;/h7-9,12H,10-11,13-14H2,1-6H3,(H2,23,24,25);1H. The molecule has 2 N–H and O–H groups in total. The molecule has 0 unspecified atom stereocenters. The highest BCUT2D eigenvalue weighted by Gasteiger charge is 2.19. The second-order valence-corrected chi connectivity index (χ2v) is 8.28. The molecule has 7 heteroatoms. The second kappa shape index (κ2) is 11.0. The van der Waals surface area contributed by atoms with Crippen molar-refractivity contribution in [3.05, 3.63) is 51.8 Å². The van der Waals surface area contributed by atoms with Crippen LogP contribution in [0.5, 0.6) is 0 Å². The second-order valence-electron chi connectivity index (χ2n) is 7.85. The maximum atomic E-state index is 6.10. The van der Waals surface area contributed by atoms with E-state index in [1.807, 2.05) is 29.9 Å². The lowest BCUT2D eigenvalue weighted by Crippen LogP contribution is -2.43. The molecule has 0 aliphatic rings. The Bertz CT molecular complexity index is 798. The molecule has 0 atom stereocenters. The molecule has 1 heterocycles. The predicted octanol–water partition coefficient (Wildman–Crippen LogP) is 4.28. The quantitative estimate of drug-likeness (QED) is 0.327. The molecule has 0 aliphatic heterocycles. The maximum Gasteiger partial charge on any atom is 0.191 e. The fraction of sp³-hybridized carbons (Fsp3) is 0.524. The Morgan fingerprint density at radius 1 is 1.25 bits per heavy atom.